The van der Waals surface area contributed by atoms with Crippen LogP contribution in [0.15, 0.2) is 40.8 Å². The molecule has 0 saturated heterocycles. The monoisotopic (exact) mass is 332 g/mol. The molecule has 0 aliphatic rings. The third-order valence-electron chi connectivity index (χ3n) is 3.04. The molecule has 0 fully saturated rings. The zero-order valence-corrected chi connectivity index (χ0v) is 13.2. The number of benzene rings is 1. The number of methoxy groups -OCH3 is 1. The summed E-state index contributed by atoms with van der Waals surface area (Å²) in [6, 6.07) is 9.36. The van der Waals surface area contributed by atoms with Gasteiger partial charge in [0.2, 0.25) is 5.76 Å². The molecular formula is C17H16O7. The van der Waals surface area contributed by atoms with E-state index in [2.05, 4.69) is 4.74 Å². The van der Waals surface area contributed by atoms with Gasteiger partial charge in [0.25, 0.3) is 0 Å². The van der Waals surface area contributed by atoms with Crippen LogP contribution in [0.2, 0.25) is 0 Å². The number of ether oxygens (including phenoxy) is 3. The minimum Gasteiger partial charge on any atom is -0.482 e. The summed E-state index contributed by atoms with van der Waals surface area (Å²) in [6.45, 7) is 1.06. The minimum absolute atomic E-state index is 0.0327. The molecular weight excluding hydrogens is 316 g/mol. The van der Waals surface area contributed by atoms with Crippen LogP contribution in [-0.4, -0.2) is 31.4 Å². The molecule has 1 heterocycles. The second-order valence-corrected chi connectivity index (χ2v) is 4.79. The Hall–Kier alpha value is -3.09. The van der Waals surface area contributed by atoms with Crippen LogP contribution in [0.4, 0.5) is 0 Å². The molecule has 0 N–H and O–H groups in total. The van der Waals surface area contributed by atoms with Gasteiger partial charge in [0.05, 0.1) is 7.11 Å². The number of Topliss-reactive ketones (excluding diaryl/α,β-unsaturated/α-hetero) is 1. The molecule has 1 aromatic carbocycles. The number of esters is 2. The van der Waals surface area contributed by atoms with E-state index >= 15 is 0 Å². The summed E-state index contributed by atoms with van der Waals surface area (Å²) in [5.41, 5.74) is 0.559. The topological polar surface area (TPSA) is 92.0 Å². The molecule has 0 amide bonds. The molecule has 0 radical (unpaired) electrons. The normalized spacial score (nSPS) is 10.1. The van der Waals surface area contributed by atoms with Crippen LogP contribution in [0.1, 0.15) is 33.6 Å². The third-order valence-corrected chi connectivity index (χ3v) is 3.04. The van der Waals surface area contributed by atoms with Gasteiger partial charge in [-0.3, -0.25) is 4.79 Å². The lowest BCUT2D eigenvalue weighted by molar-refractivity contribution is -0.147. The second-order valence-electron chi connectivity index (χ2n) is 4.79. The van der Waals surface area contributed by atoms with E-state index in [9.17, 15) is 14.4 Å². The van der Waals surface area contributed by atoms with Crippen LogP contribution in [0.3, 0.4) is 0 Å². The smallest absolute Gasteiger partial charge is 0.373 e. The van der Waals surface area contributed by atoms with Crippen molar-refractivity contribution in [3.05, 3.63) is 53.5 Å². The lowest BCUT2D eigenvalue weighted by Gasteiger charge is -2.06. The molecule has 0 saturated carbocycles. The first-order valence-electron chi connectivity index (χ1n) is 7.06. The highest BCUT2D eigenvalue weighted by Crippen LogP contribution is 2.13. The van der Waals surface area contributed by atoms with E-state index in [1.807, 2.05) is 0 Å². The van der Waals surface area contributed by atoms with Gasteiger partial charge in [0.15, 0.2) is 12.4 Å². The Balaban J connectivity index is 1.78. The Morgan fingerprint density at radius 3 is 2.38 bits per heavy atom. The fourth-order valence-electron chi connectivity index (χ4n) is 1.79. The molecule has 2 rings (SSSR count). The summed E-state index contributed by atoms with van der Waals surface area (Å²) in [7, 11) is 1.24. The number of rotatable bonds is 7. The van der Waals surface area contributed by atoms with E-state index in [0.717, 1.165) is 0 Å². The first-order chi connectivity index (χ1) is 11.5. The molecule has 2 aromatic rings. The van der Waals surface area contributed by atoms with E-state index in [-0.39, 0.29) is 24.8 Å². The van der Waals surface area contributed by atoms with Crippen molar-refractivity contribution in [1.29, 1.82) is 0 Å². The van der Waals surface area contributed by atoms with Gasteiger partial charge < -0.3 is 18.6 Å². The van der Waals surface area contributed by atoms with Crippen molar-refractivity contribution in [1.82, 2.24) is 0 Å². The number of furan rings is 1. The summed E-state index contributed by atoms with van der Waals surface area (Å²) < 4.78 is 19.9. The Labute approximate surface area is 138 Å². The molecule has 1 aromatic heterocycles. The van der Waals surface area contributed by atoms with Crippen molar-refractivity contribution >= 4 is 17.7 Å². The van der Waals surface area contributed by atoms with Gasteiger partial charge in [0, 0.05) is 5.56 Å². The van der Waals surface area contributed by atoms with Crippen LogP contribution in [0, 0.1) is 0 Å². The maximum Gasteiger partial charge on any atom is 0.373 e. The summed E-state index contributed by atoms with van der Waals surface area (Å²) in [4.78, 5) is 34.0. The lowest BCUT2D eigenvalue weighted by Crippen LogP contribution is -2.14. The summed E-state index contributed by atoms with van der Waals surface area (Å²) in [6.07, 6.45) is 0. The van der Waals surface area contributed by atoms with Gasteiger partial charge in [-0.1, -0.05) is 0 Å². The summed E-state index contributed by atoms with van der Waals surface area (Å²) >= 11 is 0. The molecule has 0 atom stereocenters. The number of carbonyl (C=O) groups excluding carboxylic acids is 3. The minimum atomic E-state index is -0.607. The molecule has 0 spiro atoms. The quantitative estimate of drug-likeness (QED) is 0.568. The standard InChI is InChI=1S/C17H16O7/c1-11(18)12-3-5-13(6-4-12)22-10-16(19)23-9-14-7-8-15(24-14)17(20)21-2/h3-8H,9-10H2,1-2H3. The summed E-state index contributed by atoms with van der Waals surface area (Å²) in [5, 5.41) is 0. The molecule has 0 bridgehead atoms. The van der Waals surface area contributed by atoms with Crippen LogP contribution < -0.4 is 4.74 Å². The predicted molar refractivity (Wildman–Crippen MR) is 81.8 cm³/mol. The van der Waals surface area contributed by atoms with E-state index in [4.69, 9.17) is 13.9 Å². The van der Waals surface area contributed by atoms with Crippen LogP contribution >= 0.6 is 0 Å². The third kappa shape index (κ3) is 4.70. The molecule has 24 heavy (non-hydrogen) atoms. The Morgan fingerprint density at radius 2 is 1.75 bits per heavy atom. The zero-order valence-electron chi connectivity index (χ0n) is 13.2. The number of hydrogen-bond donors (Lipinski definition) is 0. The molecule has 0 unspecified atom stereocenters. The van der Waals surface area contributed by atoms with Gasteiger partial charge in [-0.15, -0.1) is 0 Å². The highest BCUT2D eigenvalue weighted by Gasteiger charge is 2.12. The first-order valence-corrected chi connectivity index (χ1v) is 7.06. The van der Waals surface area contributed by atoms with E-state index in [1.54, 1.807) is 24.3 Å². The number of ketones is 1. The average molecular weight is 332 g/mol. The van der Waals surface area contributed by atoms with Crippen molar-refractivity contribution in [3.63, 3.8) is 0 Å². The van der Waals surface area contributed by atoms with Gasteiger partial charge in [-0.05, 0) is 43.3 Å². The SMILES string of the molecule is COC(=O)c1ccc(COC(=O)COc2ccc(C(C)=O)cc2)o1. The maximum atomic E-state index is 11.6. The van der Waals surface area contributed by atoms with Crippen LogP contribution in [0.5, 0.6) is 5.75 Å². The Kier molecular flexibility index (Phi) is 5.73. The average Bonchev–Trinajstić information content (AvgIpc) is 3.06. The first kappa shape index (κ1) is 17.3. The van der Waals surface area contributed by atoms with Crippen molar-refractivity contribution in [3.8, 4) is 5.75 Å². The Bertz CT molecular complexity index is 728. The Morgan fingerprint density at radius 1 is 1.04 bits per heavy atom. The highest BCUT2D eigenvalue weighted by molar-refractivity contribution is 5.94. The number of carbonyl (C=O) groups is 3. The van der Waals surface area contributed by atoms with E-state index in [0.29, 0.717) is 17.1 Å². The molecule has 7 nitrogen and oxygen atoms in total. The highest BCUT2D eigenvalue weighted by atomic mass is 16.6. The van der Waals surface area contributed by atoms with Crippen molar-refractivity contribution in [2.24, 2.45) is 0 Å². The second kappa shape index (κ2) is 7.96. The van der Waals surface area contributed by atoms with Crippen molar-refractivity contribution in [2.45, 2.75) is 13.5 Å². The fraction of sp³-hybridized carbons (Fsp3) is 0.235. The van der Waals surface area contributed by atoms with Gasteiger partial charge in [-0.2, -0.15) is 0 Å². The largest absolute Gasteiger partial charge is 0.482 e. The van der Waals surface area contributed by atoms with E-state index in [1.165, 1.54) is 26.2 Å². The van der Waals surface area contributed by atoms with Gasteiger partial charge in [-0.25, -0.2) is 9.59 Å². The van der Waals surface area contributed by atoms with Crippen LogP contribution in [-0.2, 0) is 20.9 Å². The van der Waals surface area contributed by atoms with Crippen molar-refractivity contribution in [2.75, 3.05) is 13.7 Å². The number of hydrogen-bond acceptors (Lipinski definition) is 7. The predicted octanol–water partition coefficient (Wildman–Crippen LogP) is 2.39. The molecule has 126 valence electrons. The van der Waals surface area contributed by atoms with Gasteiger partial charge in [0.1, 0.15) is 18.1 Å². The van der Waals surface area contributed by atoms with Gasteiger partial charge >= 0.3 is 11.9 Å². The summed E-state index contributed by atoms with van der Waals surface area (Å²) in [5.74, 6) is -0.458. The molecule has 0 aliphatic heterocycles. The molecule has 7 heteroatoms. The van der Waals surface area contributed by atoms with Crippen molar-refractivity contribution < 1.29 is 33.0 Å². The maximum absolute atomic E-state index is 11.6. The fourth-order valence-corrected chi connectivity index (χ4v) is 1.79. The lowest BCUT2D eigenvalue weighted by atomic mass is 10.1. The van der Waals surface area contributed by atoms with E-state index < -0.39 is 11.9 Å². The zero-order chi connectivity index (χ0) is 17.5. The van der Waals surface area contributed by atoms with Crippen LogP contribution in [0.25, 0.3) is 0 Å². The molecule has 0 aliphatic carbocycles.